The molecule has 0 aromatic heterocycles. The van der Waals surface area contributed by atoms with Crippen molar-refractivity contribution in [3.8, 4) is 0 Å². The minimum atomic E-state index is -0.566. The molecule has 0 radical (unpaired) electrons. The summed E-state index contributed by atoms with van der Waals surface area (Å²) in [4.78, 5) is 26.9. The van der Waals surface area contributed by atoms with Gasteiger partial charge in [-0.2, -0.15) is 0 Å². The normalized spacial score (nSPS) is 19.1. The molecule has 1 atom stereocenters. The molecule has 1 amide bonds. The van der Waals surface area contributed by atoms with E-state index in [-0.39, 0.29) is 5.91 Å². The molecule has 1 heterocycles. The largest absolute Gasteiger partial charge is 0.303 e. The van der Waals surface area contributed by atoms with E-state index in [4.69, 9.17) is 0 Å². The average Bonchev–Trinajstić information content (AvgIpc) is 2.32. The molecule has 0 spiro atoms. The molecule has 15 heavy (non-hydrogen) atoms. The standard InChI is InChI=1S/C7H10N2O2.2C2H6/c1-5-8-3-6(4-10)7(11)9(5)2;2*1-2/h4,6H,3H2,1-2H3;2*1-2H3. The minimum Gasteiger partial charge on any atom is -0.303 e. The van der Waals surface area contributed by atoms with Gasteiger partial charge in [-0.05, 0) is 6.92 Å². The van der Waals surface area contributed by atoms with E-state index in [0.29, 0.717) is 18.7 Å². The fraction of sp³-hybridized carbons (Fsp3) is 0.727. The van der Waals surface area contributed by atoms with Crippen LogP contribution in [0.2, 0.25) is 0 Å². The third-order valence-corrected chi connectivity index (χ3v) is 1.81. The molecule has 0 aromatic rings. The van der Waals surface area contributed by atoms with E-state index in [1.165, 1.54) is 4.90 Å². The van der Waals surface area contributed by atoms with Gasteiger partial charge in [0.15, 0.2) is 0 Å². The highest BCUT2D eigenvalue weighted by atomic mass is 16.2. The molecule has 4 heteroatoms. The molecule has 0 bridgehead atoms. The van der Waals surface area contributed by atoms with Crippen molar-refractivity contribution in [1.29, 1.82) is 0 Å². The molecule has 0 saturated carbocycles. The summed E-state index contributed by atoms with van der Waals surface area (Å²) < 4.78 is 0. The van der Waals surface area contributed by atoms with Crippen LogP contribution >= 0.6 is 0 Å². The van der Waals surface area contributed by atoms with E-state index in [2.05, 4.69) is 4.99 Å². The van der Waals surface area contributed by atoms with Crippen LogP contribution in [-0.4, -0.2) is 36.5 Å². The van der Waals surface area contributed by atoms with Crippen LogP contribution in [0.4, 0.5) is 0 Å². The molecule has 0 fully saturated rings. The number of carbonyl (C=O) groups is 2. The number of carbonyl (C=O) groups excluding carboxylic acids is 2. The summed E-state index contributed by atoms with van der Waals surface area (Å²) in [6.07, 6.45) is 0.648. The Labute approximate surface area is 92.4 Å². The monoisotopic (exact) mass is 214 g/mol. The lowest BCUT2D eigenvalue weighted by Crippen LogP contribution is -2.42. The Bertz CT molecular complexity index is 221. The van der Waals surface area contributed by atoms with Crippen LogP contribution < -0.4 is 0 Å². The van der Waals surface area contributed by atoms with Crippen molar-refractivity contribution < 1.29 is 9.59 Å². The van der Waals surface area contributed by atoms with Crippen LogP contribution in [-0.2, 0) is 9.59 Å². The van der Waals surface area contributed by atoms with Gasteiger partial charge in [-0.1, -0.05) is 27.7 Å². The molecule has 88 valence electrons. The minimum absolute atomic E-state index is 0.160. The van der Waals surface area contributed by atoms with E-state index in [9.17, 15) is 9.59 Å². The number of amides is 1. The van der Waals surface area contributed by atoms with E-state index in [0.717, 1.165) is 0 Å². The first kappa shape index (κ1) is 16.2. The van der Waals surface area contributed by atoms with Crippen molar-refractivity contribution in [2.45, 2.75) is 34.6 Å². The highest BCUT2D eigenvalue weighted by molar-refractivity contribution is 6.04. The number of hydrogen-bond acceptors (Lipinski definition) is 3. The molecular formula is C11H22N2O2. The first-order chi connectivity index (χ1) is 7.16. The van der Waals surface area contributed by atoms with Gasteiger partial charge in [-0.3, -0.25) is 9.79 Å². The van der Waals surface area contributed by atoms with E-state index in [1.807, 2.05) is 27.7 Å². The zero-order valence-corrected chi connectivity index (χ0v) is 10.6. The lowest BCUT2D eigenvalue weighted by molar-refractivity contribution is -0.133. The number of nitrogens with zero attached hydrogens (tertiary/aromatic N) is 2. The van der Waals surface area contributed by atoms with E-state index in [1.54, 1.807) is 14.0 Å². The maximum absolute atomic E-state index is 11.2. The van der Waals surface area contributed by atoms with Gasteiger partial charge in [0.25, 0.3) is 0 Å². The van der Waals surface area contributed by atoms with Gasteiger partial charge in [0.2, 0.25) is 5.91 Å². The summed E-state index contributed by atoms with van der Waals surface area (Å²) in [5.74, 6) is -0.0516. The molecule has 1 aliphatic rings. The molecule has 0 aromatic carbocycles. The lowest BCUT2D eigenvalue weighted by atomic mass is 10.1. The SMILES string of the molecule is CC.CC.CC1=NCC(C=O)C(=O)N1C. The van der Waals surface area contributed by atoms with Crippen molar-refractivity contribution >= 4 is 18.0 Å². The first-order valence-electron chi connectivity index (χ1n) is 5.40. The summed E-state index contributed by atoms with van der Waals surface area (Å²) >= 11 is 0. The molecular weight excluding hydrogens is 192 g/mol. The van der Waals surface area contributed by atoms with Crippen LogP contribution in [0.25, 0.3) is 0 Å². The summed E-state index contributed by atoms with van der Waals surface area (Å²) in [5.41, 5.74) is 0. The molecule has 4 nitrogen and oxygen atoms in total. The van der Waals surface area contributed by atoms with Crippen molar-refractivity contribution in [2.75, 3.05) is 13.6 Å². The number of aldehydes is 1. The molecule has 0 saturated heterocycles. The smallest absolute Gasteiger partial charge is 0.239 e. The Kier molecular flexibility index (Phi) is 10.1. The zero-order valence-electron chi connectivity index (χ0n) is 10.6. The topological polar surface area (TPSA) is 49.7 Å². The van der Waals surface area contributed by atoms with Gasteiger partial charge in [-0.25, -0.2) is 0 Å². The predicted molar refractivity (Wildman–Crippen MR) is 63.0 cm³/mol. The second kappa shape index (κ2) is 9.37. The van der Waals surface area contributed by atoms with E-state index < -0.39 is 5.92 Å². The van der Waals surface area contributed by atoms with Gasteiger partial charge in [-0.15, -0.1) is 0 Å². The quantitative estimate of drug-likeness (QED) is 0.493. The van der Waals surface area contributed by atoms with Crippen LogP contribution in [0.5, 0.6) is 0 Å². The fourth-order valence-electron chi connectivity index (χ4n) is 0.924. The maximum atomic E-state index is 11.2. The zero-order chi connectivity index (χ0) is 12.4. The maximum Gasteiger partial charge on any atom is 0.239 e. The second-order valence-electron chi connectivity index (χ2n) is 2.53. The van der Waals surface area contributed by atoms with Crippen molar-refractivity contribution in [1.82, 2.24) is 4.90 Å². The summed E-state index contributed by atoms with van der Waals surface area (Å²) in [6, 6.07) is 0. The molecule has 1 aliphatic heterocycles. The van der Waals surface area contributed by atoms with Crippen molar-refractivity contribution in [3.63, 3.8) is 0 Å². The van der Waals surface area contributed by atoms with Gasteiger partial charge in [0.1, 0.15) is 18.0 Å². The number of rotatable bonds is 1. The highest BCUT2D eigenvalue weighted by Gasteiger charge is 2.26. The first-order valence-corrected chi connectivity index (χ1v) is 5.40. The van der Waals surface area contributed by atoms with Crippen LogP contribution in [0.1, 0.15) is 34.6 Å². The number of aliphatic imine (C=N–C) groups is 1. The Morgan fingerprint density at radius 2 is 1.80 bits per heavy atom. The number of hydrogen-bond donors (Lipinski definition) is 0. The summed E-state index contributed by atoms with van der Waals surface area (Å²) in [6.45, 7) is 10.1. The molecule has 0 aliphatic carbocycles. The summed E-state index contributed by atoms with van der Waals surface area (Å²) in [7, 11) is 1.62. The molecule has 1 unspecified atom stereocenters. The Hall–Kier alpha value is -1.19. The average molecular weight is 214 g/mol. The predicted octanol–water partition coefficient (Wildman–Crippen LogP) is 1.74. The Balaban J connectivity index is 0. The fourth-order valence-corrected chi connectivity index (χ4v) is 0.924. The van der Waals surface area contributed by atoms with Gasteiger partial charge in [0, 0.05) is 7.05 Å². The van der Waals surface area contributed by atoms with Crippen LogP contribution in [0, 0.1) is 5.92 Å². The highest BCUT2D eigenvalue weighted by Crippen LogP contribution is 2.06. The Morgan fingerprint density at radius 3 is 2.20 bits per heavy atom. The lowest BCUT2D eigenvalue weighted by Gasteiger charge is -2.24. The second-order valence-corrected chi connectivity index (χ2v) is 2.53. The van der Waals surface area contributed by atoms with Crippen molar-refractivity contribution in [2.24, 2.45) is 10.9 Å². The van der Waals surface area contributed by atoms with Crippen LogP contribution in [0.3, 0.4) is 0 Å². The third-order valence-electron chi connectivity index (χ3n) is 1.81. The molecule has 0 N–H and O–H groups in total. The Morgan fingerprint density at radius 1 is 1.33 bits per heavy atom. The molecule has 1 rings (SSSR count). The van der Waals surface area contributed by atoms with Gasteiger partial charge >= 0.3 is 0 Å². The third kappa shape index (κ3) is 4.72. The summed E-state index contributed by atoms with van der Waals surface area (Å²) in [5, 5.41) is 0. The van der Waals surface area contributed by atoms with E-state index >= 15 is 0 Å². The van der Waals surface area contributed by atoms with Gasteiger partial charge < -0.3 is 9.69 Å². The van der Waals surface area contributed by atoms with Crippen LogP contribution in [0.15, 0.2) is 4.99 Å². The number of amidine groups is 1. The van der Waals surface area contributed by atoms with Crippen molar-refractivity contribution in [3.05, 3.63) is 0 Å². The van der Waals surface area contributed by atoms with Gasteiger partial charge in [0.05, 0.1) is 6.54 Å².